The van der Waals surface area contributed by atoms with Crippen molar-refractivity contribution in [1.29, 1.82) is 0 Å². The second-order valence-corrected chi connectivity index (χ2v) is 12.3. The summed E-state index contributed by atoms with van der Waals surface area (Å²) in [6, 6.07) is 2.24. The van der Waals surface area contributed by atoms with Crippen LogP contribution in [0.4, 0.5) is 0 Å². The van der Waals surface area contributed by atoms with Crippen molar-refractivity contribution in [2.75, 3.05) is 0 Å². The molecule has 3 nitrogen and oxygen atoms in total. The molecule has 1 heterocycles. The summed E-state index contributed by atoms with van der Waals surface area (Å²) >= 11 is 0. The Morgan fingerprint density at radius 2 is 1.18 bits per heavy atom. The molecule has 0 bridgehead atoms. The van der Waals surface area contributed by atoms with E-state index < -0.39 is 5.54 Å². The summed E-state index contributed by atoms with van der Waals surface area (Å²) in [6.07, 6.45) is 0.290. The molecule has 0 atom stereocenters. The Labute approximate surface area is 171 Å². The fourth-order valence-electron chi connectivity index (χ4n) is 4.33. The third-order valence-corrected chi connectivity index (χ3v) is 5.46. The number of amides is 2. The van der Waals surface area contributed by atoms with E-state index in [1.807, 2.05) is 20.8 Å². The molecule has 0 fully saturated rings. The average molecular weight is 386 g/mol. The van der Waals surface area contributed by atoms with Crippen molar-refractivity contribution >= 4 is 11.8 Å². The second kappa shape index (κ2) is 6.43. The molecule has 0 saturated heterocycles. The average Bonchev–Trinajstić information content (AvgIpc) is 2.40. The number of carbonyl (C=O) groups is 2. The Morgan fingerprint density at radius 3 is 1.54 bits per heavy atom. The van der Waals surface area contributed by atoms with Crippen molar-refractivity contribution in [2.45, 2.75) is 111 Å². The molecule has 0 saturated carbocycles. The van der Waals surface area contributed by atoms with Gasteiger partial charge in [0.1, 0.15) is 0 Å². The lowest BCUT2D eigenvalue weighted by Crippen LogP contribution is -2.53. The molecule has 3 heteroatoms. The molecule has 0 radical (unpaired) electrons. The molecule has 1 aromatic carbocycles. The molecule has 2 amide bonds. The van der Waals surface area contributed by atoms with E-state index in [9.17, 15) is 9.59 Å². The quantitative estimate of drug-likeness (QED) is 0.521. The van der Waals surface area contributed by atoms with Crippen LogP contribution in [-0.2, 0) is 27.5 Å². The van der Waals surface area contributed by atoms with Gasteiger partial charge in [0.05, 0.1) is 6.42 Å². The first-order chi connectivity index (χ1) is 12.3. The summed E-state index contributed by atoms with van der Waals surface area (Å²) in [7, 11) is 0. The van der Waals surface area contributed by atoms with Crippen molar-refractivity contribution < 1.29 is 9.59 Å². The maximum Gasteiger partial charge on any atom is 0.261 e. The van der Waals surface area contributed by atoms with Crippen LogP contribution in [0.3, 0.4) is 0 Å². The van der Waals surface area contributed by atoms with E-state index in [1.165, 1.54) is 16.0 Å². The first kappa shape index (κ1) is 22.6. The minimum absolute atomic E-state index is 0.0785. The summed E-state index contributed by atoms with van der Waals surface area (Å²) < 4.78 is 0. The number of hydrogen-bond donors (Lipinski definition) is 0. The summed E-state index contributed by atoms with van der Waals surface area (Å²) in [6.45, 7) is 25.4. The number of nitrogens with zero attached hydrogens (tertiary/aromatic N) is 1. The maximum absolute atomic E-state index is 13.7. The van der Waals surface area contributed by atoms with Crippen LogP contribution in [-0.4, -0.2) is 22.3 Å². The van der Waals surface area contributed by atoms with Gasteiger partial charge in [-0.25, -0.2) is 0 Å². The highest BCUT2D eigenvalue weighted by Crippen LogP contribution is 2.44. The van der Waals surface area contributed by atoms with Crippen molar-refractivity contribution in [1.82, 2.24) is 4.90 Å². The molecule has 0 spiro atoms. The molecular formula is C25H39NO2. The van der Waals surface area contributed by atoms with Crippen LogP contribution in [0.1, 0.15) is 116 Å². The first-order valence-corrected chi connectivity index (χ1v) is 10.4. The van der Waals surface area contributed by atoms with Gasteiger partial charge in [-0.15, -0.1) is 0 Å². The lowest BCUT2D eigenvalue weighted by molar-refractivity contribution is -0.132. The number of hydrogen-bond acceptors (Lipinski definition) is 2. The minimum Gasteiger partial charge on any atom is -0.274 e. The van der Waals surface area contributed by atoms with Gasteiger partial charge >= 0.3 is 0 Å². The number of rotatable bonds is 0. The fourth-order valence-corrected chi connectivity index (χ4v) is 4.33. The highest BCUT2D eigenvalue weighted by molar-refractivity contribution is 6.11. The smallest absolute Gasteiger partial charge is 0.261 e. The highest BCUT2D eigenvalue weighted by Gasteiger charge is 2.44. The third kappa shape index (κ3) is 3.90. The SMILES string of the molecule is CC(C)(C)c1cc(C(C)(C)C)c(C(C)(C)C)c2c1C(=O)N(C(C)(C)C)C(=O)C2. The predicted octanol–water partition coefficient (Wildman–Crippen LogP) is 5.90. The predicted molar refractivity (Wildman–Crippen MR) is 117 cm³/mol. The number of imide groups is 1. The van der Waals surface area contributed by atoms with Gasteiger partial charge in [0.25, 0.3) is 5.91 Å². The summed E-state index contributed by atoms with van der Waals surface area (Å²) in [5, 5.41) is 0. The molecule has 0 aliphatic carbocycles. The Hall–Kier alpha value is -1.64. The van der Waals surface area contributed by atoms with Crippen LogP contribution < -0.4 is 0 Å². The fraction of sp³-hybridized carbons (Fsp3) is 0.680. The van der Waals surface area contributed by atoms with Crippen molar-refractivity contribution in [3.05, 3.63) is 33.9 Å². The minimum atomic E-state index is -0.536. The standard InChI is InChI=1S/C25H39NO2/c1-22(2,3)16-14-17(23(4,5)6)20(24(7,8)9)15-13-18(27)26(25(10,11)12)21(28)19(15)16/h14H,13H2,1-12H3. The van der Waals surface area contributed by atoms with Gasteiger partial charge in [-0.2, -0.15) is 0 Å². The Kier molecular flexibility index (Phi) is 5.20. The molecule has 0 N–H and O–H groups in total. The molecule has 1 aliphatic rings. The normalized spacial score (nSPS) is 16.5. The van der Waals surface area contributed by atoms with Gasteiger partial charge in [-0.05, 0) is 59.3 Å². The topological polar surface area (TPSA) is 37.4 Å². The molecule has 2 rings (SSSR count). The van der Waals surface area contributed by atoms with Gasteiger partial charge < -0.3 is 0 Å². The van der Waals surface area contributed by atoms with Gasteiger partial charge in [0.15, 0.2) is 0 Å². The Balaban J connectivity index is 3.05. The zero-order valence-electron chi connectivity index (χ0n) is 20.0. The van der Waals surface area contributed by atoms with Gasteiger partial charge in [0.2, 0.25) is 5.91 Å². The molecular weight excluding hydrogens is 346 g/mol. The molecule has 156 valence electrons. The third-order valence-electron chi connectivity index (χ3n) is 5.46. The lowest BCUT2D eigenvalue weighted by Gasteiger charge is -2.43. The second-order valence-electron chi connectivity index (χ2n) is 12.3. The zero-order chi connectivity index (χ0) is 22.0. The molecule has 28 heavy (non-hydrogen) atoms. The zero-order valence-corrected chi connectivity index (χ0v) is 20.0. The van der Waals surface area contributed by atoms with E-state index in [4.69, 9.17) is 0 Å². The number of fused-ring (bicyclic) bond motifs is 1. The maximum atomic E-state index is 13.7. The summed E-state index contributed by atoms with van der Waals surface area (Å²) in [4.78, 5) is 28.3. The number of benzene rings is 1. The van der Waals surface area contributed by atoms with Gasteiger partial charge in [-0.3, -0.25) is 14.5 Å². The van der Waals surface area contributed by atoms with Crippen molar-refractivity contribution in [3.63, 3.8) is 0 Å². The van der Waals surface area contributed by atoms with E-state index >= 15 is 0 Å². The first-order valence-electron chi connectivity index (χ1n) is 10.4. The lowest BCUT2D eigenvalue weighted by atomic mass is 9.67. The van der Waals surface area contributed by atoms with Crippen LogP contribution in [0.5, 0.6) is 0 Å². The van der Waals surface area contributed by atoms with Crippen molar-refractivity contribution in [3.8, 4) is 0 Å². The highest BCUT2D eigenvalue weighted by atomic mass is 16.2. The number of carbonyl (C=O) groups excluding carboxylic acids is 2. The molecule has 1 aromatic rings. The van der Waals surface area contributed by atoms with E-state index in [2.05, 4.69) is 68.4 Å². The molecule has 1 aliphatic heterocycles. The Bertz CT molecular complexity index is 819. The molecule has 0 aromatic heterocycles. The van der Waals surface area contributed by atoms with Gasteiger partial charge in [-0.1, -0.05) is 68.4 Å². The molecule has 0 unspecified atom stereocenters. The summed E-state index contributed by atoms with van der Waals surface area (Å²) in [5.74, 6) is -0.240. The van der Waals surface area contributed by atoms with Crippen LogP contribution >= 0.6 is 0 Å². The largest absolute Gasteiger partial charge is 0.274 e. The van der Waals surface area contributed by atoms with Crippen LogP contribution in [0.15, 0.2) is 6.07 Å². The van der Waals surface area contributed by atoms with E-state index in [0.717, 1.165) is 16.7 Å². The van der Waals surface area contributed by atoms with E-state index in [-0.39, 0.29) is 34.5 Å². The summed E-state index contributed by atoms with van der Waals surface area (Å²) in [5.41, 5.74) is 4.18. The van der Waals surface area contributed by atoms with Crippen molar-refractivity contribution in [2.24, 2.45) is 0 Å². The van der Waals surface area contributed by atoms with E-state index in [1.54, 1.807) is 0 Å². The Morgan fingerprint density at radius 1 is 0.714 bits per heavy atom. The van der Waals surface area contributed by atoms with Crippen LogP contribution in [0.25, 0.3) is 0 Å². The monoisotopic (exact) mass is 385 g/mol. The van der Waals surface area contributed by atoms with Crippen LogP contribution in [0.2, 0.25) is 0 Å². The van der Waals surface area contributed by atoms with E-state index in [0.29, 0.717) is 0 Å². The van der Waals surface area contributed by atoms with Gasteiger partial charge in [0, 0.05) is 11.1 Å². The van der Waals surface area contributed by atoms with Crippen LogP contribution in [0, 0.1) is 0 Å².